The van der Waals surface area contributed by atoms with Crippen molar-refractivity contribution in [3.05, 3.63) is 47.5 Å². The zero-order chi connectivity index (χ0) is 20.5. The summed E-state index contributed by atoms with van der Waals surface area (Å²) in [5.41, 5.74) is 2.36. The fourth-order valence-corrected chi connectivity index (χ4v) is 3.64. The molecule has 0 bridgehead atoms. The largest absolute Gasteiger partial charge is 0.370 e. The first-order valence-electron chi connectivity index (χ1n) is 10.3. The summed E-state index contributed by atoms with van der Waals surface area (Å²) in [7, 11) is 0. The molecule has 7 heteroatoms. The van der Waals surface area contributed by atoms with Crippen LogP contribution in [0.1, 0.15) is 43.8 Å². The number of carbonyl (C=O) groups is 3. The van der Waals surface area contributed by atoms with Gasteiger partial charge >= 0.3 is 11.8 Å². The summed E-state index contributed by atoms with van der Waals surface area (Å²) < 4.78 is 5.75. The molecule has 0 saturated carbocycles. The molecule has 156 valence electrons. The minimum Gasteiger partial charge on any atom is -0.370 e. The van der Waals surface area contributed by atoms with Crippen LogP contribution in [0.4, 0.5) is 0 Å². The van der Waals surface area contributed by atoms with Gasteiger partial charge in [0.25, 0.3) is 0 Å². The first kappa shape index (κ1) is 21.0. The van der Waals surface area contributed by atoms with E-state index in [0.717, 1.165) is 24.8 Å². The highest BCUT2D eigenvalue weighted by Gasteiger charge is 2.26. The Hall–Kier alpha value is -2.67. The lowest BCUT2D eigenvalue weighted by Crippen LogP contribution is -2.48. The number of hydrogen-bond donors (Lipinski definition) is 2. The fraction of sp³-hybridized carbons (Fsp3) is 0.500. The highest BCUT2D eigenvalue weighted by atomic mass is 16.5. The van der Waals surface area contributed by atoms with Gasteiger partial charge in [-0.25, -0.2) is 0 Å². The van der Waals surface area contributed by atoms with Gasteiger partial charge in [0, 0.05) is 13.1 Å². The Morgan fingerprint density at radius 1 is 1.07 bits per heavy atom. The van der Waals surface area contributed by atoms with Crippen molar-refractivity contribution in [1.82, 2.24) is 15.5 Å². The molecule has 0 aromatic heterocycles. The number of nitrogens with zero attached hydrogens (tertiary/aromatic N) is 1. The molecule has 7 nitrogen and oxygen atoms in total. The van der Waals surface area contributed by atoms with Gasteiger partial charge in [0.1, 0.15) is 6.10 Å². The average Bonchev–Trinajstić information content (AvgIpc) is 2.78. The van der Waals surface area contributed by atoms with E-state index in [1.165, 1.54) is 18.4 Å². The van der Waals surface area contributed by atoms with E-state index in [-0.39, 0.29) is 18.6 Å². The van der Waals surface area contributed by atoms with Crippen LogP contribution < -0.4 is 10.6 Å². The number of benzene rings is 1. The molecule has 2 aliphatic rings. The van der Waals surface area contributed by atoms with E-state index in [9.17, 15) is 14.4 Å². The summed E-state index contributed by atoms with van der Waals surface area (Å²) in [4.78, 5) is 38.0. The predicted octanol–water partition coefficient (Wildman–Crippen LogP) is 1.71. The maximum absolute atomic E-state index is 12.4. The SMILES string of the molecule is O=C(NCCC1=CCCCC1)C(=O)NCC(=O)N1CCOC(c2ccccc2)C1. The van der Waals surface area contributed by atoms with Crippen LogP contribution in [0.2, 0.25) is 0 Å². The number of amides is 3. The van der Waals surface area contributed by atoms with Crippen molar-refractivity contribution in [2.75, 3.05) is 32.8 Å². The van der Waals surface area contributed by atoms with Crippen LogP contribution in [0.15, 0.2) is 42.0 Å². The minimum atomic E-state index is -0.774. The third-order valence-corrected chi connectivity index (χ3v) is 5.31. The molecule has 0 spiro atoms. The zero-order valence-corrected chi connectivity index (χ0v) is 16.7. The zero-order valence-electron chi connectivity index (χ0n) is 16.7. The van der Waals surface area contributed by atoms with Crippen LogP contribution in [0.3, 0.4) is 0 Å². The Bertz CT molecular complexity index is 748. The number of morpholine rings is 1. The van der Waals surface area contributed by atoms with Crippen molar-refractivity contribution in [2.45, 2.75) is 38.2 Å². The number of carbonyl (C=O) groups excluding carboxylic acids is 3. The molecule has 2 N–H and O–H groups in total. The fourth-order valence-electron chi connectivity index (χ4n) is 3.64. The van der Waals surface area contributed by atoms with Gasteiger partial charge in [0.05, 0.1) is 19.7 Å². The van der Waals surface area contributed by atoms with Crippen LogP contribution in [0.25, 0.3) is 0 Å². The Morgan fingerprint density at radius 3 is 2.62 bits per heavy atom. The quantitative estimate of drug-likeness (QED) is 0.563. The predicted molar refractivity (Wildman–Crippen MR) is 109 cm³/mol. The van der Waals surface area contributed by atoms with Crippen molar-refractivity contribution in [1.29, 1.82) is 0 Å². The lowest BCUT2D eigenvalue weighted by atomic mass is 9.97. The summed E-state index contributed by atoms with van der Waals surface area (Å²) >= 11 is 0. The average molecular weight is 399 g/mol. The van der Waals surface area contributed by atoms with E-state index in [2.05, 4.69) is 16.7 Å². The van der Waals surface area contributed by atoms with Gasteiger partial charge < -0.3 is 20.3 Å². The molecular formula is C22H29N3O4. The van der Waals surface area contributed by atoms with Gasteiger partial charge in [-0.15, -0.1) is 0 Å². The Balaban J connectivity index is 1.38. The monoisotopic (exact) mass is 399 g/mol. The van der Waals surface area contributed by atoms with E-state index >= 15 is 0 Å². The molecule has 3 rings (SSSR count). The minimum absolute atomic E-state index is 0.179. The summed E-state index contributed by atoms with van der Waals surface area (Å²) in [6, 6.07) is 9.73. The van der Waals surface area contributed by atoms with Crippen molar-refractivity contribution in [2.24, 2.45) is 0 Å². The number of ether oxygens (including phenoxy) is 1. The Morgan fingerprint density at radius 2 is 1.86 bits per heavy atom. The maximum atomic E-state index is 12.4. The molecule has 1 heterocycles. The third-order valence-electron chi connectivity index (χ3n) is 5.31. The van der Waals surface area contributed by atoms with Gasteiger partial charge in [-0.2, -0.15) is 0 Å². The maximum Gasteiger partial charge on any atom is 0.309 e. The Kier molecular flexibility index (Phi) is 7.81. The van der Waals surface area contributed by atoms with Crippen LogP contribution in [0, 0.1) is 0 Å². The lowest BCUT2D eigenvalue weighted by Gasteiger charge is -2.33. The molecule has 1 atom stereocenters. The molecule has 1 unspecified atom stereocenters. The molecule has 1 fully saturated rings. The molecule has 1 saturated heterocycles. The topological polar surface area (TPSA) is 87.7 Å². The van der Waals surface area contributed by atoms with Crippen molar-refractivity contribution < 1.29 is 19.1 Å². The second-order valence-corrected chi connectivity index (χ2v) is 7.41. The highest BCUT2D eigenvalue weighted by molar-refractivity contribution is 6.35. The van der Waals surface area contributed by atoms with E-state index < -0.39 is 11.8 Å². The number of nitrogens with one attached hydrogen (secondary N) is 2. The molecule has 1 aliphatic carbocycles. The second kappa shape index (κ2) is 10.8. The van der Waals surface area contributed by atoms with Crippen LogP contribution in [0.5, 0.6) is 0 Å². The van der Waals surface area contributed by atoms with Crippen LogP contribution >= 0.6 is 0 Å². The summed E-state index contributed by atoms with van der Waals surface area (Å²) in [6.45, 7) is 1.59. The molecule has 1 aromatic rings. The summed E-state index contributed by atoms with van der Waals surface area (Å²) in [5, 5.41) is 5.05. The van der Waals surface area contributed by atoms with Gasteiger partial charge in [-0.3, -0.25) is 14.4 Å². The van der Waals surface area contributed by atoms with E-state index in [4.69, 9.17) is 4.74 Å². The molecule has 3 amide bonds. The van der Waals surface area contributed by atoms with Crippen LogP contribution in [-0.4, -0.2) is 55.4 Å². The molecule has 1 aromatic carbocycles. The number of hydrogen-bond acceptors (Lipinski definition) is 4. The molecular weight excluding hydrogens is 370 g/mol. The van der Waals surface area contributed by atoms with Gasteiger partial charge in [-0.1, -0.05) is 42.0 Å². The molecule has 29 heavy (non-hydrogen) atoms. The summed E-state index contributed by atoms with van der Waals surface area (Å²) in [6.07, 6.45) is 7.39. The van der Waals surface area contributed by atoms with E-state index in [1.54, 1.807) is 4.90 Å². The molecule has 0 radical (unpaired) electrons. The van der Waals surface area contributed by atoms with E-state index in [1.807, 2.05) is 30.3 Å². The Labute approximate surface area is 171 Å². The smallest absolute Gasteiger partial charge is 0.309 e. The second-order valence-electron chi connectivity index (χ2n) is 7.41. The van der Waals surface area contributed by atoms with Crippen molar-refractivity contribution in [3.8, 4) is 0 Å². The number of allylic oxidation sites excluding steroid dienone is 1. The van der Waals surface area contributed by atoms with Gasteiger partial charge in [-0.05, 0) is 37.7 Å². The summed E-state index contributed by atoms with van der Waals surface area (Å²) in [5.74, 6) is -1.69. The first-order chi connectivity index (χ1) is 14.1. The van der Waals surface area contributed by atoms with Crippen molar-refractivity contribution >= 4 is 17.7 Å². The molecule has 1 aliphatic heterocycles. The van der Waals surface area contributed by atoms with E-state index in [0.29, 0.717) is 26.2 Å². The van der Waals surface area contributed by atoms with Crippen LogP contribution in [-0.2, 0) is 19.1 Å². The van der Waals surface area contributed by atoms with Gasteiger partial charge in [0.2, 0.25) is 5.91 Å². The standard InChI is InChI=1S/C22H29N3O4/c26-20(25-13-14-29-19(16-25)18-9-5-2-6-10-18)15-24-22(28)21(27)23-12-11-17-7-3-1-4-8-17/h2,5-7,9-10,19H,1,3-4,8,11-16H2,(H,23,27)(H,24,28). The third kappa shape index (κ3) is 6.42. The van der Waals surface area contributed by atoms with Gasteiger partial charge in [0.15, 0.2) is 0 Å². The lowest BCUT2D eigenvalue weighted by molar-refractivity contribution is -0.142. The number of rotatable bonds is 6. The van der Waals surface area contributed by atoms with Crippen molar-refractivity contribution in [3.63, 3.8) is 0 Å². The first-order valence-corrected chi connectivity index (χ1v) is 10.3. The highest BCUT2D eigenvalue weighted by Crippen LogP contribution is 2.22. The normalized spacial score (nSPS) is 19.2.